The number of alkyl halides is 3. The van der Waals surface area contributed by atoms with Crippen molar-refractivity contribution in [2.75, 3.05) is 6.26 Å². The van der Waals surface area contributed by atoms with Crippen LogP contribution < -0.4 is 4.74 Å². The van der Waals surface area contributed by atoms with Crippen molar-refractivity contribution >= 4 is 27.7 Å². The number of aromatic nitrogens is 1. The summed E-state index contributed by atoms with van der Waals surface area (Å²) in [6, 6.07) is 2.39. The number of nitrogens with zero attached hydrogens (tertiary/aromatic N) is 1. The Morgan fingerprint density at radius 3 is 2.57 bits per heavy atom. The van der Waals surface area contributed by atoms with Gasteiger partial charge in [0, 0.05) is 12.1 Å². The van der Waals surface area contributed by atoms with Crippen LogP contribution in [-0.4, -0.2) is 17.6 Å². The second-order valence-corrected chi connectivity index (χ2v) is 3.85. The Balaban J connectivity index is 2.92. The lowest BCUT2D eigenvalue weighted by Crippen LogP contribution is -2.17. The van der Waals surface area contributed by atoms with E-state index in [1.54, 1.807) is 6.26 Å². The van der Waals surface area contributed by atoms with Crippen LogP contribution in [0.1, 0.15) is 0 Å². The van der Waals surface area contributed by atoms with Crippen LogP contribution in [0.15, 0.2) is 21.8 Å². The van der Waals surface area contributed by atoms with Gasteiger partial charge in [-0.25, -0.2) is 4.98 Å². The van der Waals surface area contributed by atoms with Crippen LogP contribution in [0.4, 0.5) is 13.2 Å². The van der Waals surface area contributed by atoms with Crippen LogP contribution >= 0.6 is 27.7 Å². The first-order chi connectivity index (χ1) is 6.40. The zero-order valence-electron chi connectivity index (χ0n) is 6.93. The second kappa shape index (κ2) is 4.39. The minimum atomic E-state index is -4.67. The summed E-state index contributed by atoms with van der Waals surface area (Å²) in [6.07, 6.45) is -2.96. The maximum absolute atomic E-state index is 11.8. The minimum absolute atomic E-state index is 0.274. The van der Waals surface area contributed by atoms with Crippen molar-refractivity contribution in [3.8, 4) is 5.75 Å². The van der Waals surface area contributed by atoms with Gasteiger partial charge in [-0.3, -0.25) is 0 Å². The van der Waals surface area contributed by atoms with Gasteiger partial charge < -0.3 is 4.74 Å². The molecule has 1 aromatic heterocycles. The Morgan fingerprint density at radius 1 is 1.43 bits per heavy atom. The molecule has 14 heavy (non-hydrogen) atoms. The molecule has 0 atom stereocenters. The van der Waals surface area contributed by atoms with Crippen LogP contribution in [0, 0.1) is 0 Å². The summed E-state index contributed by atoms with van der Waals surface area (Å²) < 4.78 is 39.6. The predicted octanol–water partition coefficient (Wildman–Crippen LogP) is 3.46. The van der Waals surface area contributed by atoms with Gasteiger partial charge in [-0.2, -0.15) is 0 Å². The molecule has 7 heteroatoms. The molecule has 0 unspecified atom stereocenters. The molecule has 0 aliphatic carbocycles. The zero-order chi connectivity index (χ0) is 10.8. The molecular formula is C7H5BrF3NOS. The van der Waals surface area contributed by atoms with Gasteiger partial charge in [0.05, 0.1) is 0 Å². The molecule has 0 aromatic carbocycles. The molecule has 0 aliphatic rings. The number of thioether (sulfide) groups is 1. The van der Waals surface area contributed by atoms with Gasteiger partial charge in [-0.1, -0.05) is 0 Å². The molecule has 0 fully saturated rings. The number of ether oxygens (including phenoxy) is 1. The SMILES string of the molecule is CSc1cc(OC(F)(F)F)cc(Br)n1. The van der Waals surface area contributed by atoms with Crippen LogP contribution in [-0.2, 0) is 0 Å². The van der Waals surface area contributed by atoms with Gasteiger partial charge in [0.15, 0.2) is 0 Å². The minimum Gasteiger partial charge on any atom is -0.406 e. The van der Waals surface area contributed by atoms with Crippen LogP contribution in [0.25, 0.3) is 0 Å². The van der Waals surface area contributed by atoms with Crippen molar-refractivity contribution < 1.29 is 17.9 Å². The maximum Gasteiger partial charge on any atom is 0.573 e. The summed E-state index contributed by atoms with van der Waals surface area (Å²) in [5, 5.41) is 0.457. The number of rotatable bonds is 2. The van der Waals surface area contributed by atoms with E-state index >= 15 is 0 Å². The molecule has 0 spiro atoms. The molecular weight excluding hydrogens is 283 g/mol. The molecule has 0 saturated heterocycles. The third-order valence-corrected chi connectivity index (χ3v) is 2.22. The highest BCUT2D eigenvalue weighted by atomic mass is 79.9. The van der Waals surface area contributed by atoms with Crippen molar-refractivity contribution in [3.05, 3.63) is 16.7 Å². The normalized spacial score (nSPS) is 11.5. The highest BCUT2D eigenvalue weighted by Gasteiger charge is 2.31. The van der Waals surface area contributed by atoms with E-state index in [-0.39, 0.29) is 5.75 Å². The van der Waals surface area contributed by atoms with Crippen molar-refractivity contribution in [2.24, 2.45) is 0 Å². The molecule has 0 amide bonds. The smallest absolute Gasteiger partial charge is 0.406 e. The Kier molecular flexibility index (Phi) is 3.65. The van der Waals surface area contributed by atoms with Crippen molar-refractivity contribution in [1.82, 2.24) is 4.98 Å². The molecule has 1 rings (SSSR count). The largest absolute Gasteiger partial charge is 0.573 e. The highest BCUT2D eigenvalue weighted by molar-refractivity contribution is 9.10. The van der Waals surface area contributed by atoms with E-state index < -0.39 is 6.36 Å². The van der Waals surface area contributed by atoms with E-state index in [0.717, 1.165) is 6.07 Å². The number of hydrogen-bond acceptors (Lipinski definition) is 3. The van der Waals surface area contributed by atoms with Gasteiger partial charge in [0.1, 0.15) is 15.4 Å². The number of hydrogen-bond donors (Lipinski definition) is 0. The Hall–Kier alpha value is -0.430. The third-order valence-electron chi connectivity index (χ3n) is 1.19. The molecule has 0 bridgehead atoms. The molecule has 78 valence electrons. The Morgan fingerprint density at radius 2 is 2.07 bits per heavy atom. The Labute approximate surface area is 91.0 Å². The van der Waals surface area contributed by atoms with E-state index in [2.05, 4.69) is 25.7 Å². The summed E-state index contributed by atoms with van der Waals surface area (Å²) in [6.45, 7) is 0. The Bertz CT molecular complexity index is 331. The van der Waals surface area contributed by atoms with E-state index in [9.17, 15) is 13.2 Å². The lowest BCUT2D eigenvalue weighted by Gasteiger charge is -2.09. The van der Waals surface area contributed by atoms with E-state index in [1.807, 2.05) is 0 Å². The lowest BCUT2D eigenvalue weighted by atomic mass is 10.4. The van der Waals surface area contributed by atoms with E-state index in [0.29, 0.717) is 9.63 Å². The summed E-state index contributed by atoms with van der Waals surface area (Å²) in [5.74, 6) is -0.274. The number of pyridine rings is 1. The lowest BCUT2D eigenvalue weighted by molar-refractivity contribution is -0.274. The van der Waals surface area contributed by atoms with E-state index in [4.69, 9.17) is 0 Å². The fourth-order valence-corrected chi connectivity index (χ4v) is 1.71. The van der Waals surface area contributed by atoms with Gasteiger partial charge in [-0.05, 0) is 22.2 Å². The second-order valence-electron chi connectivity index (χ2n) is 2.22. The average molecular weight is 288 g/mol. The third kappa shape index (κ3) is 3.75. The van der Waals surface area contributed by atoms with Crippen molar-refractivity contribution in [2.45, 2.75) is 11.4 Å². The molecule has 1 aromatic rings. The summed E-state index contributed by atoms with van der Waals surface area (Å²) in [5.41, 5.74) is 0. The van der Waals surface area contributed by atoms with Gasteiger partial charge in [-0.15, -0.1) is 24.9 Å². The first-order valence-electron chi connectivity index (χ1n) is 3.38. The fraction of sp³-hybridized carbons (Fsp3) is 0.286. The molecule has 0 aliphatic heterocycles. The first kappa shape index (κ1) is 11.6. The zero-order valence-corrected chi connectivity index (χ0v) is 9.33. The summed E-state index contributed by atoms with van der Waals surface area (Å²) in [7, 11) is 0. The van der Waals surface area contributed by atoms with Gasteiger partial charge >= 0.3 is 6.36 Å². The van der Waals surface area contributed by atoms with Gasteiger partial charge in [0.25, 0.3) is 0 Å². The standard InChI is InChI=1S/C7H5BrF3NOS/c1-14-6-3-4(2-5(8)12-6)13-7(9,10)11/h2-3H,1H3. The van der Waals surface area contributed by atoms with Crippen LogP contribution in [0.5, 0.6) is 5.75 Å². The predicted molar refractivity (Wildman–Crippen MR) is 50.4 cm³/mol. The van der Waals surface area contributed by atoms with Crippen molar-refractivity contribution in [3.63, 3.8) is 0 Å². The molecule has 0 saturated carbocycles. The topological polar surface area (TPSA) is 22.1 Å². The monoisotopic (exact) mass is 287 g/mol. The number of halogens is 4. The first-order valence-corrected chi connectivity index (χ1v) is 5.40. The fourth-order valence-electron chi connectivity index (χ4n) is 0.748. The summed E-state index contributed by atoms with van der Waals surface area (Å²) >= 11 is 4.22. The molecule has 1 heterocycles. The van der Waals surface area contributed by atoms with Gasteiger partial charge in [0.2, 0.25) is 0 Å². The molecule has 0 N–H and O–H groups in total. The maximum atomic E-state index is 11.8. The van der Waals surface area contributed by atoms with Crippen LogP contribution in [0.2, 0.25) is 0 Å². The summed E-state index contributed by atoms with van der Waals surface area (Å²) in [4.78, 5) is 3.91. The highest BCUT2D eigenvalue weighted by Crippen LogP contribution is 2.27. The van der Waals surface area contributed by atoms with Crippen molar-refractivity contribution in [1.29, 1.82) is 0 Å². The van der Waals surface area contributed by atoms with Crippen LogP contribution in [0.3, 0.4) is 0 Å². The van der Waals surface area contributed by atoms with E-state index in [1.165, 1.54) is 17.8 Å². The quantitative estimate of drug-likeness (QED) is 0.614. The average Bonchev–Trinajstić information content (AvgIpc) is 1.99. The molecule has 2 nitrogen and oxygen atoms in total. The molecule has 0 radical (unpaired) electrons.